The standard InChI is InChI=1S/C12H14N2O2.2C2H6/c1-8-11(15)14(3)10-7-5-4-6-9(10)12(16)13(8)2;2*1-2/h4-8H,1-3H3;2*1-2H3. The van der Waals surface area contributed by atoms with Gasteiger partial charge in [0.05, 0.1) is 11.3 Å². The number of hydrogen-bond acceptors (Lipinski definition) is 2. The van der Waals surface area contributed by atoms with Crippen molar-refractivity contribution in [2.24, 2.45) is 0 Å². The smallest absolute Gasteiger partial charge is 0.256 e. The number of anilines is 1. The lowest BCUT2D eigenvalue weighted by atomic mass is 10.1. The van der Waals surface area contributed by atoms with Crippen LogP contribution in [-0.4, -0.2) is 36.9 Å². The Morgan fingerprint density at radius 3 is 2.00 bits per heavy atom. The van der Waals surface area contributed by atoms with E-state index in [4.69, 9.17) is 0 Å². The van der Waals surface area contributed by atoms with Crippen molar-refractivity contribution in [2.45, 2.75) is 40.7 Å². The van der Waals surface area contributed by atoms with Crippen LogP contribution in [0, 0.1) is 0 Å². The highest BCUT2D eigenvalue weighted by Gasteiger charge is 2.32. The number of amides is 2. The molecule has 0 radical (unpaired) electrons. The SMILES string of the molecule is CC.CC.CC1C(=O)N(C)c2ccccc2C(=O)N1C. The highest BCUT2D eigenvalue weighted by molar-refractivity contribution is 6.10. The second-order valence-electron chi connectivity index (χ2n) is 4.01. The molecule has 4 nitrogen and oxygen atoms in total. The Balaban J connectivity index is 0.000000829. The third kappa shape index (κ3) is 3.38. The van der Waals surface area contributed by atoms with Gasteiger partial charge in [0.25, 0.3) is 5.91 Å². The summed E-state index contributed by atoms with van der Waals surface area (Å²) < 4.78 is 0. The molecule has 0 spiro atoms. The minimum absolute atomic E-state index is 0.0687. The Kier molecular flexibility index (Phi) is 7.59. The molecule has 0 saturated carbocycles. The fourth-order valence-electron chi connectivity index (χ4n) is 1.88. The maximum Gasteiger partial charge on any atom is 0.256 e. The summed E-state index contributed by atoms with van der Waals surface area (Å²) in [7, 11) is 3.35. The Labute approximate surface area is 122 Å². The Morgan fingerprint density at radius 1 is 0.950 bits per heavy atom. The van der Waals surface area contributed by atoms with Crippen molar-refractivity contribution in [3.63, 3.8) is 0 Å². The van der Waals surface area contributed by atoms with E-state index in [1.165, 1.54) is 4.90 Å². The average molecular weight is 278 g/mol. The van der Waals surface area contributed by atoms with Crippen LogP contribution in [-0.2, 0) is 4.79 Å². The third-order valence-electron chi connectivity index (χ3n) is 3.09. The van der Waals surface area contributed by atoms with E-state index in [9.17, 15) is 9.59 Å². The molecule has 0 fully saturated rings. The molecular formula is C16H26N2O2. The van der Waals surface area contributed by atoms with E-state index in [2.05, 4.69) is 0 Å². The maximum absolute atomic E-state index is 12.1. The first-order chi connectivity index (χ1) is 9.54. The summed E-state index contributed by atoms with van der Waals surface area (Å²) in [5, 5.41) is 0. The first-order valence-corrected chi connectivity index (χ1v) is 7.18. The highest BCUT2D eigenvalue weighted by Crippen LogP contribution is 2.25. The van der Waals surface area contributed by atoms with Crippen LogP contribution in [0.1, 0.15) is 45.0 Å². The van der Waals surface area contributed by atoms with Gasteiger partial charge in [0.15, 0.2) is 0 Å². The highest BCUT2D eigenvalue weighted by atomic mass is 16.2. The molecule has 1 aromatic carbocycles. The van der Waals surface area contributed by atoms with Crippen molar-refractivity contribution >= 4 is 17.5 Å². The van der Waals surface area contributed by atoms with Crippen LogP contribution in [0.4, 0.5) is 5.69 Å². The van der Waals surface area contributed by atoms with Crippen molar-refractivity contribution in [3.8, 4) is 0 Å². The molecule has 1 aliphatic heterocycles. The molecule has 2 rings (SSSR count). The number of para-hydroxylation sites is 1. The number of hydrogen-bond donors (Lipinski definition) is 0. The topological polar surface area (TPSA) is 40.6 Å². The van der Waals surface area contributed by atoms with E-state index in [0.717, 1.165) is 0 Å². The van der Waals surface area contributed by atoms with Crippen molar-refractivity contribution in [2.75, 3.05) is 19.0 Å². The molecule has 1 atom stereocenters. The fraction of sp³-hybridized carbons (Fsp3) is 0.500. The van der Waals surface area contributed by atoms with Crippen molar-refractivity contribution in [3.05, 3.63) is 29.8 Å². The number of carbonyl (C=O) groups is 2. The van der Waals surface area contributed by atoms with Gasteiger partial charge < -0.3 is 9.80 Å². The normalized spacial score (nSPS) is 17.2. The second kappa shape index (κ2) is 8.35. The van der Waals surface area contributed by atoms with Gasteiger partial charge in [-0.3, -0.25) is 9.59 Å². The van der Waals surface area contributed by atoms with Gasteiger partial charge in [-0.05, 0) is 19.1 Å². The summed E-state index contributed by atoms with van der Waals surface area (Å²) in [4.78, 5) is 27.1. The molecule has 0 N–H and O–H groups in total. The monoisotopic (exact) mass is 278 g/mol. The number of fused-ring (bicyclic) bond motifs is 1. The van der Waals surface area contributed by atoms with Gasteiger partial charge in [0.2, 0.25) is 5.91 Å². The first-order valence-electron chi connectivity index (χ1n) is 7.18. The van der Waals surface area contributed by atoms with Gasteiger partial charge >= 0.3 is 0 Å². The molecule has 0 bridgehead atoms. The van der Waals surface area contributed by atoms with Gasteiger partial charge in [-0.1, -0.05) is 39.8 Å². The molecule has 1 heterocycles. The van der Waals surface area contributed by atoms with E-state index in [-0.39, 0.29) is 11.8 Å². The Morgan fingerprint density at radius 2 is 1.45 bits per heavy atom. The van der Waals surface area contributed by atoms with Crippen LogP contribution in [0.2, 0.25) is 0 Å². The van der Waals surface area contributed by atoms with Crippen LogP contribution in [0.3, 0.4) is 0 Å². The van der Waals surface area contributed by atoms with Gasteiger partial charge in [-0.25, -0.2) is 0 Å². The van der Waals surface area contributed by atoms with Crippen LogP contribution in [0.15, 0.2) is 24.3 Å². The number of carbonyl (C=O) groups excluding carboxylic acids is 2. The number of benzene rings is 1. The molecule has 112 valence electrons. The van der Waals surface area contributed by atoms with Gasteiger partial charge in [-0.2, -0.15) is 0 Å². The second-order valence-corrected chi connectivity index (χ2v) is 4.01. The van der Waals surface area contributed by atoms with Crippen LogP contribution >= 0.6 is 0 Å². The summed E-state index contributed by atoms with van der Waals surface area (Å²) in [5.41, 5.74) is 1.25. The van der Waals surface area contributed by atoms with Crippen LogP contribution in [0.5, 0.6) is 0 Å². The molecular weight excluding hydrogens is 252 g/mol. The van der Waals surface area contributed by atoms with Crippen molar-refractivity contribution in [1.82, 2.24) is 4.90 Å². The van der Waals surface area contributed by atoms with Crippen LogP contribution in [0.25, 0.3) is 0 Å². The van der Waals surface area contributed by atoms with Crippen molar-refractivity contribution < 1.29 is 9.59 Å². The summed E-state index contributed by atoms with van der Waals surface area (Å²) in [6, 6.07) is 6.74. The molecule has 1 aliphatic rings. The predicted octanol–water partition coefficient (Wildman–Crippen LogP) is 3.18. The number of nitrogens with zero attached hydrogens (tertiary/aromatic N) is 2. The molecule has 20 heavy (non-hydrogen) atoms. The van der Waals surface area contributed by atoms with Crippen molar-refractivity contribution in [1.29, 1.82) is 0 Å². The van der Waals surface area contributed by atoms with E-state index in [1.54, 1.807) is 44.1 Å². The molecule has 0 aromatic heterocycles. The Hall–Kier alpha value is -1.84. The minimum atomic E-state index is -0.426. The van der Waals surface area contributed by atoms with Gasteiger partial charge in [0.1, 0.15) is 6.04 Å². The number of likely N-dealkylation sites (N-methyl/N-ethyl adjacent to an activating group) is 2. The molecule has 1 unspecified atom stereocenters. The molecule has 1 aromatic rings. The minimum Gasteiger partial charge on any atom is -0.330 e. The first kappa shape index (κ1) is 18.2. The van der Waals surface area contributed by atoms with E-state index >= 15 is 0 Å². The largest absolute Gasteiger partial charge is 0.330 e. The molecule has 0 aliphatic carbocycles. The van der Waals surface area contributed by atoms with Gasteiger partial charge in [0, 0.05) is 14.1 Å². The fourth-order valence-corrected chi connectivity index (χ4v) is 1.88. The summed E-state index contributed by atoms with van der Waals surface area (Å²) >= 11 is 0. The molecule has 0 saturated heterocycles. The van der Waals surface area contributed by atoms with E-state index in [0.29, 0.717) is 11.3 Å². The molecule has 4 heteroatoms. The summed E-state index contributed by atoms with van der Waals surface area (Å²) in [6.07, 6.45) is 0. The van der Waals surface area contributed by atoms with Gasteiger partial charge in [-0.15, -0.1) is 0 Å². The third-order valence-corrected chi connectivity index (χ3v) is 3.09. The zero-order chi connectivity index (χ0) is 15.9. The lowest BCUT2D eigenvalue weighted by Crippen LogP contribution is -2.43. The number of rotatable bonds is 0. The predicted molar refractivity (Wildman–Crippen MR) is 84.1 cm³/mol. The lowest BCUT2D eigenvalue weighted by Gasteiger charge is -2.22. The summed E-state index contributed by atoms with van der Waals surface area (Å²) in [6.45, 7) is 9.74. The quantitative estimate of drug-likeness (QED) is 0.731. The van der Waals surface area contributed by atoms with E-state index in [1.807, 2.05) is 33.8 Å². The van der Waals surface area contributed by atoms with Crippen LogP contribution < -0.4 is 4.90 Å². The molecule has 2 amide bonds. The zero-order valence-electron chi connectivity index (χ0n) is 13.6. The van der Waals surface area contributed by atoms with E-state index < -0.39 is 6.04 Å². The maximum atomic E-state index is 12.1. The zero-order valence-corrected chi connectivity index (χ0v) is 13.6. The average Bonchev–Trinajstić information content (AvgIpc) is 2.59. The Bertz CT molecular complexity index is 458. The lowest BCUT2D eigenvalue weighted by molar-refractivity contribution is -0.121. The summed E-state index contributed by atoms with van der Waals surface area (Å²) in [5.74, 6) is -0.179.